The molecule has 2 nitrogen and oxygen atoms in total. The molecule has 0 aliphatic heterocycles. The molecule has 81 valence electrons. The van der Waals surface area contributed by atoms with Gasteiger partial charge >= 0.3 is 6.47 Å². The third-order valence-corrected chi connectivity index (χ3v) is 2.46. The van der Waals surface area contributed by atoms with E-state index in [1.807, 2.05) is 18.2 Å². The van der Waals surface area contributed by atoms with Gasteiger partial charge in [0.2, 0.25) is 0 Å². The first-order valence-electron chi connectivity index (χ1n) is 5.24. The number of para-hydroxylation sites is 1. The van der Waals surface area contributed by atoms with Crippen LogP contribution in [0.2, 0.25) is 0 Å². The Morgan fingerprint density at radius 1 is 1.07 bits per heavy atom. The van der Waals surface area contributed by atoms with Crippen LogP contribution in [0.3, 0.4) is 0 Å². The lowest BCUT2D eigenvalue weighted by Crippen LogP contribution is -2.02. The summed E-state index contributed by atoms with van der Waals surface area (Å²) in [5.74, 6) is 1.36. The molecule has 0 fully saturated rings. The molecule has 0 atom stereocenters. The van der Waals surface area contributed by atoms with Crippen LogP contribution < -0.4 is 4.74 Å². The maximum Gasteiger partial charge on any atom is 0.423 e. The van der Waals surface area contributed by atoms with E-state index < -0.39 is 0 Å². The van der Waals surface area contributed by atoms with E-state index in [0.717, 1.165) is 11.1 Å². The van der Waals surface area contributed by atoms with Crippen LogP contribution in [-0.2, 0) is 4.79 Å². The van der Waals surface area contributed by atoms with Gasteiger partial charge in [0.05, 0.1) is 0 Å². The molecular formula is C13H17O2. The Morgan fingerprint density at radius 2 is 1.53 bits per heavy atom. The van der Waals surface area contributed by atoms with Gasteiger partial charge in [-0.25, -0.2) is 4.79 Å². The molecule has 0 heterocycles. The van der Waals surface area contributed by atoms with Crippen LogP contribution in [0.5, 0.6) is 5.75 Å². The fourth-order valence-electron chi connectivity index (χ4n) is 1.64. The molecule has 0 saturated carbocycles. The summed E-state index contributed by atoms with van der Waals surface area (Å²) in [4.78, 5) is 10.4. The van der Waals surface area contributed by atoms with E-state index in [-0.39, 0.29) is 0 Å². The van der Waals surface area contributed by atoms with Crippen molar-refractivity contribution < 1.29 is 9.53 Å². The standard InChI is InChI=1S/C13H17O2/c1-9(2)11-6-5-7-12(10(3)4)13(11)15-8-14/h5-7,9-10H,1-4H3. The highest BCUT2D eigenvalue weighted by Crippen LogP contribution is 2.33. The molecule has 0 aromatic heterocycles. The van der Waals surface area contributed by atoms with Crippen molar-refractivity contribution >= 4 is 6.47 Å². The number of ether oxygens (including phenoxy) is 1. The molecule has 0 amide bonds. The summed E-state index contributed by atoms with van der Waals surface area (Å²) < 4.78 is 4.99. The fraction of sp³-hybridized carbons (Fsp3) is 0.462. The van der Waals surface area contributed by atoms with Gasteiger partial charge in [-0.2, -0.15) is 0 Å². The smallest absolute Gasteiger partial charge is 0.417 e. The zero-order chi connectivity index (χ0) is 11.4. The van der Waals surface area contributed by atoms with Crippen molar-refractivity contribution in [2.24, 2.45) is 0 Å². The van der Waals surface area contributed by atoms with Gasteiger partial charge < -0.3 is 4.74 Å². The first-order valence-corrected chi connectivity index (χ1v) is 5.24. The molecule has 0 bridgehead atoms. The molecule has 1 aromatic carbocycles. The van der Waals surface area contributed by atoms with Gasteiger partial charge in [-0.05, 0) is 23.0 Å². The quantitative estimate of drug-likeness (QED) is 0.753. The maximum absolute atomic E-state index is 10.4. The first-order chi connectivity index (χ1) is 7.07. The second-order valence-corrected chi connectivity index (χ2v) is 4.26. The van der Waals surface area contributed by atoms with Crippen molar-refractivity contribution in [3.05, 3.63) is 29.3 Å². The minimum Gasteiger partial charge on any atom is -0.417 e. The van der Waals surface area contributed by atoms with Gasteiger partial charge in [-0.3, -0.25) is 0 Å². The summed E-state index contributed by atoms with van der Waals surface area (Å²) in [6.07, 6.45) is 0. The van der Waals surface area contributed by atoms with E-state index in [1.165, 1.54) is 6.47 Å². The zero-order valence-electron chi connectivity index (χ0n) is 9.70. The molecule has 1 aromatic rings. The van der Waals surface area contributed by atoms with Crippen molar-refractivity contribution in [3.63, 3.8) is 0 Å². The Labute approximate surface area is 91.3 Å². The summed E-state index contributed by atoms with van der Waals surface area (Å²) in [5.41, 5.74) is 2.12. The summed E-state index contributed by atoms with van der Waals surface area (Å²) in [6.45, 7) is 9.85. The van der Waals surface area contributed by atoms with Gasteiger partial charge in [0.25, 0.3) is 0 Å². The lowest BCUT2D eigenvalue weighted by Gasteiger charge is -2.16. The van der Waals surface area contributed by atoms with Gasteiger partial charge in [-0.1, -0.05) is 45.9 Å². The fourth-order valence-corrected chi connectivity index (χ4v) is 1.64. The molecule has 1 radical (unpaired) electrons. The van der Waals surface area contributed by atoms with Crippen LogP contribution in [0.25, 0.3) is 0 Å². The van der Waals surface area contributed by atoms with Gasteiger partial charge in [0.15, 0.2) is 0 Å². The van der Waals surface area contributed by atoms with Crippen LogP contribution in [0, 0.1) is 0 Å². The third-order valence-electron chi connectivity index (χ3n) is 2.46. The molecule has 0 spiro atoms. The van der Waals surface area contributed by atoms with E-state index in [1.54, 1.807) is 0 Å². The predicted molar refractivity (Wildman–Crippen MR) is 60.9 cm³/mol. The number of hydrogen-bond acceptors (Lipinski definition) is 2. The zero-order valence-corrected chi connectivity index (χ0v) is 9.70. The van der Waals surface area contributed by atoms with Gasteiger partial charge in [-0.15, -0.1) is 0 Å². The van der Waals surface area contributed by atoms with E-state index in [4.69, 9.17) is 4.74 Å². The maximum atomic E-state index is 10.4. The van der Waals surface area contributed by atoms with Crippen LogP contribution in [0.15, 0.2) is 18.2 Å². The van der Waals surface area contributed by atoms with Crippen molar-refractivity contribution in [1.29, 1.82) is 0 Å². The summed E-state index contributed by atoms with van der Waals surface area (Å²) in [5, 5.41) is 0. The van der Waals surface area contributed by atoms with Crippen molar-refractivity contribution in [3.8, 4) is 5.75 Å². The second kappa shape index (κ2) is 4.96. The number of benzene rings is 1. The van der Waals surface area contributed by atoms with E-state index in [9.17, 15) is 4.79 Å². The predicted octanol–water partition coefficient (Wildman–Crippen LogP) is 3.38. The van der Waals surface area contributed by atoms with Crippen LogP contribution >= 0.6 is 0 Å². The summed E-state index contributed by atoms with van der Waals surface area (Å²) in [7, 11) is 0. The lowest BCUT2D eigenvalue weighted by molar-refractivity contribution is 0.434. The third kappa shape index (κ3) is 2.58. The largest absolute Gasteiger partial charge is 0.423 e. The normalized spacial score (nSPS) is 10.8. The van der Waals surface area contributed by atoms with E-state index in [0.29, 0.717) is 17.6 Å². The highest BCUT2D eigenvalue weighted by Gasteiger charge is 2.14. The molecule has 0 unspecified atom stereocenters. The Kier molecular flexibility index (Phi) is 3.89. The minimum atomic E-state index is 0.340. The Bertz CT molecular complexity index is 314. The highest BCUT2D eigenvalue weighted by atomic mass is 16.5. The van der Waals surface area contributed by atoms with Gasteiger partial charge in [0, 0.05) is 0 Å². The second-order valence-electron chi connectivity index (χ2n) is 4.26. The van der Waals surface area contributed by atoms with Crippen LogP contribution in [0.4, 0.5) is 0 Å². The average Bonchev–Trinajstić information content (AvgIpc) is 2.17. The van der Waals surface area contributed by atoms with Crippen LogP contribution in [0.1, 0.15) is 50.7 Å². The minimum absolute atomic E-state index is 0.340. The highest BCUT2D eigenvalue weighted by molar-refractivity contribution is 5.53. The topological polar surface area (TPSA) is 26.3 Å². The number of hydrogen-bond donors (Lipinski definition) is 0. The summed E-state index contributed by atoms with van der Waals surface area (Å²) in [6, 6.07) is 5.98. The molecular weight excluding hydrogens is 188 g/mol. The van der Waals surface area contributed by atoms with Crippen molar-refractivity contribution in [1.82, 2.24) is 0 Å². The lowest BCUT2D eigenvalue weighted by atomic mass is 9.94. The average molecular weight is 205 g/mol. The Hall–Kier alpha value is -1.31. The molecule has 15 heavy (non-hydrogen) atoms. The van der Waals surface area contributed by atoms with Crippen LogP contribution in [-0.4, -0.2) is 6.47 Å². The molecule has 0 aliphatic rings. The van der Waals surface area contributed by atoms with Gasteiger partial charge in [0.1, 0.15) is 5.75 Å². The van der Waals surface area contributed by atoms with Crippen molar-refractivity contribution in [2.45, 2.75) is 39.5 Å². The van der Waals surface area contributed by atoms with Crippen molar-refractivity contribution in [2.75, 3.05) is 0 Å². The Morgan fingerprint density at radius 3 is 1.87 bits per heavy atom. The molecule has 0 aliphatic carbocycles. The van der Waals surface area contributed by atoms with E-state index >= 15 is 0 Å². The molecule has 0 saturated heterocycles. The molecule has 2 heteroatoms. The SMILES string of the molecule is CC(C)c1cccc(C(C)C)c1O[C]=O. The monoisotopic (exact) mass is 205 g/mol. The first kappa shape index (κ1) is 11.8. The number of rotatable bonds is 4. The molecule has 0 N–H and O–H groups in total. The Balaban J connectivity index is 3.27. The number of carbonyl (C=O) groups excluding carboxylic acids is 1. The molecule has 1 rings (SSSR count). The summed E-state index contributed by atoms with van der Waals surface area (Å²) >= 11 is 0. The van der Waals surface area contributed by atoms with E-state index in [2.05, 4.69) is 27.7 Å².